The SMILES string of the molecule is Cc1cn2c3ccccc3c3ccc(Oc4ccc5c(c4)c4nccn4c4cccnc54)cc3c2n1. The summed E-state index contributed by atoms with van der Waals surface area (Å²) in [7, 11) is 0. The minimum absolute atomic E-state index is 0.748. The first-order valence-corrected chi connectivity index (χ1v) is 11.9. The fourth-order valence-corrected chi connectivity index (χ4v) is 5.40. The van der Waals surface area contributed by atoms with E-state index in [2.05, 4.69) is 73.5 Å². The molecular weight excluding hydrogens is 446 g/mol. The van der Waals surface area contributed by atoms with Crippen molar-refractivity contribution in [3.8, 4) is 11.5 Å². The molecule has 6 heteroatoms. The highest BCUT2D eigenvalue weighted by Gasteiger charge is 2.14. The quantitative estimate of drug-likeness (QED) is 0.256. The molecule has 0 aliphatic heterocycles. The third-order valence-electron chi connectivity index (χ3n) is 6.92. The molecule has 0 saturated carbocycles. The van der Waals surface area contributed by atoms with E-state index in [1.807, 2.05) is 49.8 Å². The fourth-order valence-electron chi connectivity index (χ4n) is 5.40. The van der Waals surface area contributed by atoms with Gasteiger partial charge in [0.15, 0.2) is 0 Å². The normalized spacial score (nSPS) is 12.0. The number of para-hydroxylation sites is 1. The Morgan fingerprint density at radius 1 is 0.639 bits per heavy atom. The van der Waals surface area contributed by atoms with Gasteiger partial charge in [-0.2, -0.15) is 0 Å². The van der Waals surface area contributed by atoms with E-state index in [0.29, 0.717) is 0 Å². The molecule has 0 atom stereocenters. The molecule has 0 fully saturated rings. The lowest BCUT2D eigenvalue weighted by Crippen LogP contribution is -1.93. The number of aryl methyl sites for hydroxylation is 1. The number of ether oxygens (including phenoxy) is 1. The molecule has 0 bridgehead atoms. The van der Waals surface area contributed by atoms with Crippen LogP contribution in [0.15, 0.2) is 97.6 Å². The number of imidazole rings is 2. The second kappa shape index (κ2) is 7.02. The molecule has 0 N–H and O–H groups in total. The Labute approximate surface area is 205 Å². The van der Waals surface area contributed by atoms with Gasteiger partial charge < -0.3 is 4.74 Å². The summed E-state index contributed by atoms with van der Waals surface area (Å²) in [5.74, 6) is 1.51. The van der Waals surface area contributed by atoms with Crippen molar-refractivity contribution >= 4 is 54.8 Å². The molecule has 0 radical (unpaired) electrons. The van der Waals surface area contributed by atoms with Gasteiger partial charge in [-0.25, -0.2) is 9.97 Å². The Morgan fingerprint density at radius 3 is 2.31 bits per heavy atom. The van der Waals surface area contributed by atoms with Crippen molar-refractivity contribution in [3.05, 3.63) is 103 Å². The summed E-state index contributed by atoms with van der Waals surface area (Å²) >= 11 is 0. The molecule has 0 amide bonds. The molecule has 0 aliphatic carbocycles. The smallest absolute Gasteiger partial charge is 0.145 e. The second-order valence-electron chi connectivity index (χ2n) is 9.10. The van der Waals surface area contributed by atoms with Crippen LogP contribution >= 0.6 is 0 Å². The zero-order chi connectivity index (χ0) is 23.8. The Hall–Kier alpha value is -4.97. The van der Waals surface area contributed by atoms with Crippen molar-refractivity contribution in [1.82, 2.24) is 23.8 Å². The molecule has 8 aromatic rings. The number of rotatable bonds is 2. The van der Waals surface area contributed by atoms with Crippen LogP contribution in [-0.4, -0.2) is 23.8 Å². The summed E-state index contributed by atoms with van der Waals surface area (Å²) in [6.07, 6.45) is 7.70. The van der Waals surface area contributed by atoms with Gasteiger partial charge in [-0.05, 0) is 66.9 Å². The first kappa shape index (κ1) is 19.3. The molecule has 3 aromatic carbocycles. The van der Waals surface area contributed by atoms with Crippen molar-refractivity contribution < 1.29 is 4.74 Å². The van der Waals surface area contributed by atoms with Gasteiger partial charge in [0.05, 0.1) is 22.2 Å². The summed E-state index contributed by atoms with van der Waals surface area (Å²) in [4.78, 5) is 14.1. The highest BCUT2D eigenvalue weighted by molar-refractivity contribution is 6.12. The summed E-state index contributed by atoms with van der Waals surface area (Å²) in [6.45, 7) is 2.03. The van der Waals surface area contributed by atoms with Crippen molar-refractivity contribution in [2.45, 2.75) is 6.92 Å². The van der Waals surface area contributed by atoms with Crippen LogP contribution in [-0.2, 0) is 0 Å². The van der Waals surface area contributed by atoms with Crippen LogP contribution in [0, 0.1) is 6.92 Å². The molecule has 0 spiro atoms. The van der Waals surface area contributed by atoms with Gasteiger partial charge in [0.1, 0.15) is 22.8 Å². The van der Waals surface area contributed by atoms with Crippen LogP contribution in [0.4, 0.5) is 0 Å². The molecule has 0 saturated heterocycles. The Morgan fingerprint density at radius 2 is 1.42 bits per heavy atom. The molecule has 8 rings (SSSR count). The number of hydrogen-bond donors (Lipinski definition) is 0. The standard InChI is InChI=1S/C30H19N5O/c1-18-17-35-26-6-3-2-5-22(26)21-10-8-19(15-24(21)30(35)33-18)36-20-9-11-23-25(16-20)29-32-13-14-34(29)27-7-4-12-31-28(23)27/h2-17H,1H3. The van der Waals surface area contributed by atoms with Crippen LogP contribution in [0.25, 0.3) is 54.8 Å². The van der Waals surface area contributed by atoms with E-state index in [9.17, 15) is 0 Å². The summed E-state index contributed by atoms with van der Waals surface area (Å²) in [6, 6.07) is 24.8. The lowest BCUT2D eigenvalue weighted by Gasteiger charge is -2.12. The Kier molecular flexibility index (Phi) is 3.77. The van der Waals surface area contributed by atoms with Crippen molar-refractivity contribution in [3.63, 3.8) is 0 Å². The number of hydrogen-bond acceptors (Lipinski definition) is 4. The van der Waals surface area contributed by atoms with Crippen LogP contribution in [0.1, 0.15) is 5.69 Å². The largest absolute Gasteiger partial charge is 0.457 e. The maximum absolute atomic E-state index is 6.41. The van der Waals surface area contributed by atoms with E-state index in [-0.39, 0.29) is 0 Å². The highest BCUT2D eigenvalue weighted by Crippen LogP contribution is 2.35. The maximum atomic E-state index is 6.41. The van der Waals surface area contributed by atoms with Crippen LogP contribution in [0.2, 0.25) is 0 Å². The van der Waals surface area contributed by atoms with E-state index >= 15 is 0 Å². The summed E-state index contributed by atoms with van der Waals surface area (Å²) in [5.41, 5.74) is 5.93. The molecule has 36 heavy (non-hydrogen) atoms. The van der Waals surface area contributed by atoms with E-state index in [0.717, 1.165) is 66.6 Å². The fraction of sp³-hybridized carbons (Fsp3) is 0.0333. The predicted molar refractivity (Wildman–Crippen MR) is 143 cm³/mol. The average molecular weight is 466 g/mol. The number of aromatic nitrogens is 5. The topological polar surface area (TPSA) is 56.7 Å². The minimum atomic E-state index is 0.748. The average Bonchev–Trinajstić information content (AvgIpc) is 3.56. The number of fused-ring (bicyclic) bond motifs is 12. The van der Waals surface area contributed by atoms with Crippen LogP contribution in [0.5, 0.6) is 11.5 Å². The number of benzene rings is 3. The summed E-state index contributed by atoms with van der Waals surface area (Å²) < 4.78 is 10.6. The highest BCUT2D eigenvalue weighted by atomic mass is 16.5. The third-order valence-corrected chi connectivity index (χ3v) is 6.92. The lowest BCUT2D eigenvalue weighted by molar-refractivity contribution is 0.484. The van der Waals surface area contributed by atoms with Crippen molar-refractivity contribution in [2.24, 2.45) is 0 Å². The van der Waals surface area contributed by atoms with Gasteiger partial charge in [0.25, 0.3) is 0 Å². The van der Waals surface area contributed by atoms with Gasteiger partial charge in [-0.1, -0.05) is 18.2 Å². The zero-order valence-corrected chi connectivity index (χ0v) is 19.4. The van der Waals surface area contributed by atoms with Gasteiger partial charge in [0.2, 0.25) is 0 Å². The van der Waals surface area contributed by atoms with Crippen molar-refractivity contribution in [1.29, 1.82) is 0 Å². The number of pyridine rings is 3. The van der Waals surface area contributed by atoms with E-state index < -0.39 is 0 Å². The molecule has 170 valence electrons. The van der Waals surface area contributed by atoms with E-state index in [1.54, 1.807) is 0 Å². The third kappa shape index (κ3) is 2.64. The van der Waals surface area contributed by atoms with Crippen molar-refractivity contribution in [2.75, 3.05) is 0 Å². The first-order chi connectivity index (χ1) is 17.7. The van der Waals surface area contributed by atoms with E-state index in [4.69, 9.17) is 9.72 Å². The first-order valence-electron chi connectivity index (χ1n) is 11.9. The van der Waals surface area contributed by atoms with E-state index in [1.165, 1.54) is 5.39 Å². The molecule has 6 nitrogen and oxygen atoms in total. The van der Waals surface area contributed by atoms with Crippen LogP contribution in [0.3, 0.4) is 0 Å². The van der Waals surface area contributed by atoms with Gasteiger partial charge in [0, 0.05) is 46.3 Å². The monoisotopic (exact) mass is 465 g/mol. The van der Waals surface area contributed by atoms with Gasteiger partial charge in [-0.15, -0.1) is 0 Å². The molecule has 0 unspecified atom stereocenters. The van der Waals surface area contributed by atoms with Gasteiger partial charge >= 0.3 is 0 Å². The summed E-state index contributed by atoms with van der Waals surface area (Å²) in [5, 5.41) is 5.46. The lowest BCUT2D eigenvalue weighted by atomic mass is 10.1. The van der Waals surface area contributed by atoms with Gasteiger partial charge in [-0.3, -0.25) is 13.8 Å². The zero-order valence-electron chi connectivity index (χ0n) is 19.4. The van der Waals surface area contributed by atoms with Crippen LogP contribution < -0.4 is 4.74 Å². The second-order valence-corrected chi connectivity index (χ2v) is 9.10. The number of nitrogens with zero attached hydrogens (tertiary/aromatic N) is 5. The molecule has 0 aliphatic rings. The molecule has 5 aromatic heterocycles. The Balaban J connectivity index is 1.32. The molecule has 5 heterocycles. The maximum Gasteiger partial charge on any atom is 0.145 e. The predicted octanol–water partition coefficient (Wildman–Crippen LogP) is 7.09. The molecular formula is C30H19N5O. The Bertz CT molecular complexity index is 2150. The minimum Gasteiger partial charge on any atom is -0.457 e.